The second-order valence-corrected chi connectivity index (χ2v) is 7.43. The Morgan fingerprint density at radius 2 is 1.90 bits per heavy atom. The van der Waals surface area contributed by atoms with Crippen molar-refractivity contribution in [2.45, 2.75) is 32.9 Å². The third-order valence-electron chi connectivity index (χ3n) is 4.78. The summed E-state index contributed by atoms with van der Waals surface area (Å²) in [5.74, 6) is -0.567. The number of nitrogens with one attached hydrogen (secondary N) is 1. The van der Waals surface area contributed by atoms with Crippen molar-refractivity contribution >= 4 is 17.5 Å². The number of aromatic nitrogens is 2. The van der Waals surface area contributed by atoms with Crippen molar-refractivity contribution in [3.63, 3.8) is 0 Å². The molecule has 0 radical (unpaired) electrons. The smallest absolute Gasteiger partial charge is 0.256 e. The molecule has 1 amide bonds. The average Bonchev–Trinajstić information content (AvgIpc) is 3.02. The zero-order valence-electron chi connectivity index (χ0n) is 17.1. The Morgan fingerprint density at radius 1 is 1.20 bits per heavy atom. The Labute approximate surface area is 180 Å². The maximum Gasteiger partial charge on any atom is 0.256 e. The van der Waals surface area contributed by atoms with E-state index in [1.165, 1.54) is 12.1 Å². The highest BCUT2D eigenvalue weighted by atomic mass is 35.5. The van der Waals surface area contributed by atoms with Gasteiger partial charge < -0.3 is 10.1 Å². The van der Waals surface area contributed by atoms with Crippen LogP contribution in [0, 0.1) is 12.7 Å². The first-order chi connectivity index (χ1) is 14.5. The Balaban J connectivity index is 1.49. The summed E-state index contributed by atoms with van der Waals surface area (Å²) >= 11 is 6.40. The van der Waals surface area contributed by atoms with Crippen LogP contribution in [0.3, 0.4) is 0 Å². The number of amides is 1. The number of benzene rings is 2. The molecule has 0 fully saturated rings. The Kier molecular flexibility index (Phi) is 7.60. The molecule has 158 valence electrons. The topological polar surface area (TPSA) is 56.2 Å². The summed E-state index contributed by atoms with van der Waals surface area (Å²) in [6, 6.07) is 16.1. The molecule has 3 aromatic rings. The van der Waals surface area contributed by atoms with E-state index in [-0.39, 0.29) is 23.0 Å². The molecule has 0 aliphatic heterocycles. The largest absolute Gasteiger partial charge is 0.374 e. The van der Waals surface area contributed by atoms with E-state index in [1.807, 2.05) is 37.3 Å². The lowest BCUT2D eigenvalue weighted by atomic mass is 10.1. The predicted molar refractivity (Wildman–Crippen MR) is 115 cm³/mol. The molecule has 1 atom stereocenters. The summed E-state index contributed by atoms with van der Waals surface area (Å²) in [4.78, 5) is 12.6. The van der Waals surface area contributed by atoms with Gasteiger partial charge in [0, 0.05) is 13.2 Å². The third kappa shape index (κ3) is 5.68. The fraction of sp³-hybridized carbons (Fsp3) is 0.304. The first-order valence-electron chi connectivity index (χ1n) is 9.88. The van der Waals surface area contributed by atoms with Gasteiger partial charge in [-0.2, -0.15) is 5.10 Å². The number of nitrogens with zero attached hydrogens (tertiary/aromatic N) is 2. The van der Waals surface area contributed by atoms with E-state index in [4.69, 9.17) is 16.3 Å². The summed E-state index contributed by atoms with van der Waals surface area (Å²) < 4.78 is 20.4. The van der Waals surface area contributed by atoms with Gasteiger partial charge in [-0.3, -0.25) is 4.79 Å². The van der Waals surface area contributed by atoms with Gasteiger partial charge in [0.25, 0.3) is 5.91 Å². The van der Waals surface area contributed by atoms with E-state index in [2.05, 4.69) is 10.4 Å². The molecule has 2 aromatic carbocycles. The molecule has 0 saturated carbocycles. The van der Waals surface area contributed by atoms with E-state index in [9.17, 15) is 9.18 Å². The molecule has 30 heavy (non-hydrogen) atoms. The van der Waals surface area contributed by atoms with Gasteiger partial charge in [0.1, 0.15) is 11.0 Å². The van der Waals surface area contributed by atoms with Crippen LogP contribution in [0.2, 0.25) is 5.15 Å². The summed E-state index contributed by atoms with van der Waals surface area (Å²) in [6.07, 6.45) is 0.687. The number of carbonyl (C=O) groups excluding carboxylic acids is 1. The van der Waals surface area contributed by atoms with Crippen LogP contribution in [0.1, 0.15) is 46.6 Å². The van der Waals surface area contributed by atoms with E-state index in [0.717, 1.165) is 11.1 Å². The first kappa shape index (κ1) is 22.0. The summed E-state index contributed by atoms with van der Waals surface area (Å²) in [6.45, 7) is 5.11. The SMILES string of the molecule is Cc1nn(Cc2ccc(F)cc2)c(Cl)c1C(=O)NCCCOC(C)c1ccccc1. The van der Waals surface area contributed by atoms with Crippen molar-refractivity contribution in [2.75, 3.05) is 13.2 Å². The highest BCUT2D eigenvalue weighted by molar-refractivity contribution is 6.33. The minimum absolute atomic E-state index is 0.00304. The van der Waals surface area contributed by atoms with Crippen LogP contribution in [-0.2, 0) is 11.3 Å². The minimum Gasteiger partial charge on any atom is -0.374 e. The lowest BCUT2D eigenvalue weighted by Gasteiger charge is -2.13. The summed E-state index contributed by atoms with van der Waals surface area (Å²) in [5, 5.41) is 7.49. The number of rotatable bonds is 9. The van der Waals surface area contributed by atoms with Crippen molar-refractivity contribution in [3.8, 4) is 0 Å². The van der Waals surface area contributed by atoms with Crippen molar-refractivity contribution in [1.29, 1.82) is 0 Å². The molecule has 0 aliphatic rings. The minimum atomic E-state index is -0.302. The van der Waals surface area contributed by atoms with E-state index in [0.29, 0.717) is 37.4 Å². The number of hydrogen-bond acceptors (Lipinski definition) is 3. The van der Waals surface area contributed by atoms with Crippen LogP contribution >= 0.6 is 11.6 Å². The maximum atomic E-state index is 13.1. The van der Waals surface area contributed by atoms with Crippen LogP contribution in [0.5, 0.6) is 0 Å². The monoisotopic (exact) mass is 429 g/mol. The molecule has 1 aromatic heterocycles. The Hall–Kier alpha value is -2.70. The summed E-state index contributed by atoms with van der Waals surface area (Å²) in [7, 11) is 0. The molecular weight excluding hydrogens is 405 g/mol. The number of halogens is 2. The van der Waals surface area contributed by atoms with E-state index in [1.54, 1.807) is 23.7 Å². The Bertz CT molecular complexity index is 974. The molecule has 5 nitrogen and oxygen atoms in total. The van der Waals surface area contributed by atoms with Gasteiger partial charge in [-0.25, -0.2) is 9.07 Å². The number of aryl methyl sites for hydroxylation is 1. The lowest BCUT2D eigenvalue weighted by molar-refractivity contribution is 0.0635. The van der Waals surface area contributed by atoms with Crippen LogP contribution in [0.4, 0.5) is 4.39 Å². The van der Waals surface area contributed by atoms with Gasteiger partial charge in [0.05, 0.1) is 23.9 Å². The molecule has 3 rings (SSSR count). The highest BCUT2D eigenvalue weighted by Crippen LogP contribution is 2.21. The molecule has 1 N–H and O–H groups in total. The van der Waals surface area contributed by atoms with Gasteiger partial charge in [-0.15, -0.1) is 0 Å². The fourth-order valence-corrected chi connectivity index (χ4v) is 3.44. The normalized spacial score (nSPS) is 12.0. The van der Waals surface area contributed by atoms with Crippen molar-refractivity contribution in [3.05, 3.63) is 88.0 Å². The van der Waals surface area contributed by atoms with Crippen LogP contribution < -0.4 is 5.32 Å². The molecule has 0 saturated heterocycles. The lowest BCUT2D eigenvalue weighted by Crippen LogP contribution is -2.26. The van der Waals surface area contributed by atoms with E-state index >= 15 is 0 Å². The van der Waals surface area contributed by atoms with Crippen molar-refractivity contribution < 1.29 is 13.9 Å². The number of ether oxygens (including phenoxy) is 1. The van der Waals surface area contributed by atoms with Gasteiger partial charge in [-0.1, -0.05) is 54.1 Å². The third-order valence-corrected chi connectivity index (χ3v) is 5.17. The second-order valence-electron chi connectivity index (χ2n) is 7.07. The maximum absolute atomic E-state index is 13.1. The average molecular weight is 430 g/mol. The molecule has 0 spiro atoms. The zero-order chi connectivity index (χ0) is 21.5. The van der Waals surface area contributed by atoms with Crippen LogP contribution in [0.15, 0.2) is 54.6 Å². The first-order valence-corrected chi connectivity index (χ1v) is 10.3. The number of hydrogen-bond donors (Lipinski definition) is 1. The van der Waals surface area contributed by atoms with E-state index < -0.39 is 0 Å². The zero-order valence-corrected chi connectivity index (χ0v) is 17.8. The standard InChI is InChI=1S/C23H25ClFN3O2/c1-16-21(22(24)28(27-16)15-18-9-11-20(25)12-10-18)23(29)26-13-6-14-30-17(2)19-7-4-3-5-8-19/h3-5,7-12,17H,6,13-15H2,1-2H3,(H,26,29). The predicted octanol–water partition coefficient (Wildman–Crippen LogP) is 4.93. The van der Waals surface area contributed by atoms with Crippen LogP contribution in [0.25, 0.3) is 0 Å². The van der Waals surface area contributed by atoms with Gasteiger partial charge in [0.2, 0.25) is 0 Å². The van der Waals surface area contributed by atoms with Gasteiger partial charge in [-0.05, 0) is 43.5 Å². The molecule has 1 unspecified atom stereocenters. The van der Waals surface area contributed by atoms with Crippen LogP contribution in [-0.4, -0.2) is 28.8 Å². The highest BCUT2D eigenvalue weighted by Gasteiger charge is 2.20. The molecule has 0 aliphatic carbocycles. The fourth-order valence-electron chi connectivity index (χ4n) is 3.12. The van der Waals surface area contributed by atoms with Crippen molar-refractivity contribution in [1.82, 2.24) is 15.1 Å². The molecule has 1 heterocycles. The second kappa shape index (κ2) is 10.4. The summed E-state index contributed by atoms with van der Waals surface area (Å²) in [5.41, 5.74) is 2.88. The number of carbonyl (C=O) groups is 1. The van der Waals surface area contributed by atoms with Crippen molar-refractivity contribution in [2.24, 2.45) is 0 Å². The Morgan fingerprint density at radius 3 is 2.60 bits per heavy atom. The molecule has 7 heteroatoms. The quantitative estimate of drug-likeness (QED) is 0.490. The molecule has 0 bridgehead atoms. The molecular formula is C23H25ClFN3O2. The van der Waals surface area contributed by atoms with Gasteiger partial charge in [0.15, 0.2) is 0 Å². The van der Waals surface area contributed by atoms with Gasteiger partial charge >= 0.3 is 0 Å².